The molecule has 0 unspecified atom stereocenters. The molecule has 1 aromatic heterocycles. The molecule has 3 atom stereocenters. The summed E-state index contributed by atoms with van der Waals surface area (Å²) in [6, 6.07) is 9.79. The molecule has 25 heavy (non-hydrogen) atoms. The molecule has 1 N–H and O–H groups in total. The van der Waals surface area contributed by atoms with E-state index >= 15 is 0 Å². The lowest BCUT2D eigenvalue weighted by Gasteiger charge is -2.21. The summed E-state index contributed by atoms with van der Waals surface area (Å²) in [6.07, 6.45) is 5.82. The van der Waals surface area contributed by atoms with Crippen LogP contribution in [0, 0.1) is 5.92 Å². The minimum Gasteiger partial charge on any atom is -0.373 e. The van der Waals surface area contributed by atoms with Gasteiger partial charge in [-0.2, -0.15) is 5.10 Å². The normalized spacial score (nSPS) is 26.5. The number of nitrogens with one attached hydrogen (secondary N) is 1. The molecule has 1 aromatic carbocycles. The first-order chi connectivity index (χ1) is 12.2. The molecule has 6 heteroatoms. The molecule has 3 heterocycles. The van der Waals surface area contributed by atoms with Gasteiger partial charge in [-0.1, -0.05) is 18.2 Å². The number of hydrogen-bond acceptors (Lipinski definition) is 4. The number of carbonyl (C=O) groups is 1. The zero-order valence-corrected chi connectivity index (χ0v) is 14.5. The molecular formula is C19H24N4O2. The molecule has 2 saturated heterocycles. The minimum atomic E-state index is -0.102. The molecule has 2 aliphatic heterocycles. The Morgan fingerprint density at radius 3 is 2.88 bits per heavy atom. The largest absolute Gasteiger partial charge is 0.373 e. The van der Waals surface area contributed by atoms with E-state index in [2.05, 4.69) is 10.4 Å². The quantitative estimate of drug-likeness (QED) is 0.903. The second-order valence-corrected chi connectivity index (χ2v) is 6.86. The molecule has 2 aliphatic rings. The molecule has 2 fully saturated rings. The highest BCUT2D eigenvalue weighted by Gasteiger charge is 2.35. The Morgan fingerprint density at radius 2 is 2.12 bits per heavy atom. The number of hydrogen-bond donors (Lipinski definition) is 1. The summed E-state index contributed by atoms with van der Waals surface area (Å²) in [5, 5.41) is 7.73. The lowest BCUT2D eigenvalue weighted by molar-refractivity contribution is -0.118. The predicted molar refractivity (Wildman–Crippen MR) is 95.2 cm³/mol. The Kier molecular flexibility index (Phi) is 4.55. The van der Waals surface area contributed by atoms with E-state index in [9.17, 15) is 4.79 Å². The number of aromatic nitrogens is 2. The van der Waals surface area contributed by atoms with Crippen LogP contribution in [0.1, 0.15) is 24.5 Å². The number of aryl methyl sites for hydroxylation is 1. The molecule has 0 bridgehead atoms. The summed E-state index contributed by atoms with van der Waals surface area (Å²) in [6.45, 7) is 2.33. The Morgan fingerprint density at radius 1 is 1.28 bits per heavy atom. The number of para-hydroxylation sites is 1. The van der Waals surface area contributed by atoms with Crippen LogP contribution in [-0.4, -0.2) is 41.4 Å². The van der Waals surface area contributed by atoms with Crippen LogP contribution in [0.3, 0.4) is 0 Å². The topological polar surface area (TPSA) is 59.4 Å². The SMILES string of the molecule is Cn1cc([C@@H]2OCC[C@H]2CN[C@@H]2CCN(c3ccccc3)C2=O)cn1. The van der Waals surface area contributed by atoms with Gasteiger partial charge in [0.15, 0.2) is 0 Å². The molecule has 0 aliphatic carbocycles. The Hall–Kier alpha value is -2.18. The van der Waals surface area contributed by atoms with Crippen LogP contribution >= 0.6 is 0 Å². The third kappa shape index (κ3) is 3.32. The lowest BCUT2D eigenvalue weighted by Crippen LogP contribution is -2.40. The summed E-state index contributed by atoms with van der Waals surface area (Å²) in [5.41, 5.74) is 2.10. The summed E-state index contributed by atoms with van der Waals surface area (Å²) in [5.74, 6) is 0.547. The highest BCUT2D eigenvalue weighted by molar-refractivity contribution is 5.99. The number of anilines is 1. The number of benzene rings is 1. The number of ether oxygens (including phenoxy) is 1. The van der Waals surface area contributed by atoms with Gasteiger partial charge in [-0.05, 0) is 25.0 Å². The molecule has 6 nitrogen and oxygen atoms in total. The van der Waals surface area contributed by atoms with Crippen molar-refractivity contribution in [3.05, 3.63) is 48.3 Å². The van der Waals surface area contributed by atoms with E-state index in [1.807, 2.05) is 54.7 Å². The van der Waals surface area contributed by atoms with Gasteiger partial charge in [0.2, 0.25) is 5.91 Å². The van der Waals surface area contributed by atoms with Crippen molar-refractivity contribution in [3.63, 3.8) is 0 Å². The summed E-state index contributed by atoms with van der Waals surface area (Å²) in [7, 11) is 1.92. The van der Waals surface area contributed by atoms with E-state index in [0.29, 0.717) is 5.92 Å². The fourth-order valence-electron chi connectivity index (χ4n) is 3.83. The second kappa shape index (κ2) is 6.98. The number of carbonyl (C=O) groups excluding carboxylic acids is 1. The Labute approximate surface area is 147 Å². The van der Waals surface area contributed by atoms with Crippen LogP contribution in [0.25, 0.3) is 0 Å². The number of nitrogens with zero attached hydrogens (tertiary/aromatic N) is 3. The summed E-state index contributed by atoms with van der Waals surface area (Å²) < 4.78 is 7.71. The van der Waals surface area contributed by atoms with Crippen LogP contribution < -0.4 is 10.2 Å². The molecule has 0 spiro atoms. The maximum absolute atomic E-state index is 12.7. The van der Waals surface area contributed by atoms with E-state index in [4.69, 9.17) is 4.74 Å². The van der Waals surface area contributed by atoms with Gasteiger partial charge in [-0.25, -0.2) is 0 Å². The maximum atomic E-state index is 12.7. The van der Waals surface area contributed by atoms with E-state index in [-0.39, 0.29) is 18.1 Å². The average molecular weight is 340 g/mol. The van der Waals surface area contributed by atoms with Gasteiger partial charge in [-0.15, -0.1) is 0 Å². The fourth-order valence-corrected chi connectivity index (χ4v) is 3.83. The van der Waals surface area contributed by atoms with Gasteiger partial charge < -0.3 is 15.0 Å². The monoisotopic (exact) mass is 340 g/mol. The van der Waals surface area contributed by atoms with Crippen molar-refractivity contribution in [3.8, 4) is 0 Å². The van der Waals surface area contributed by atoms with Crippen molar-refractivity contribution in [2.24, 2.45) is 13.0 Å². The molecule has 4 rings (SSSR count). The molecular weight excluding hydrogens is 316 g/mol. The number of rotatable bonds is 5. The summed E-state index contributed by atoms with van der Waals surface area (Å²) >= 11 is 0. The van der Waals surface area contributed by atoms with Crippen molar-refractivity contribution in [1.82, 2.24) is 15.1 Å². The molecule has 0 radical (unpaired) electrons. The summed E-state index contributed by atoms with van der Waals surface area (Å²) in [4.78, 5) is 14.6. The molecule has 2 aromatic rings. The maximum Gasteiger partial charge on any atom is 0.244 e. The highest BCUT2D eigenvalue weighted by Crippen LogP contribution is 2.34. The molecule has 1 amide bonds. The van der Waals surface area contributed by atoms with E-state index < -0.39 is 0 Å². The number of amides is 1. The van der Waals surface area contributed by atoms with Crippen LogP contribution in [0.4, 0.5) is 5.69 Å². The zero-order valence-electron chi connectivity index (χ0n) is 14.5. The smallest absolute Gasteiger partial charge is 0.244 e. The zero-order chi connectivity index (χ0) is 17.2. The van der Waals surface area contributed by atoms with Crippen LogP contribution in [-0.2, 0) is 16.6 Å². The fraction of sp³-hybridized carbons (Fsp3) is 0.474. The predicted octanol–water partition coefficient (Wildman–Crippen LogP) is 1.89. The van der Waals surface area contributed by atoms with Gasteiger partial charge in [-0.3, -0.25) is 9.48 Å². The highest BCUT2D eigenvalue weighted by atomic mass is 16.5. The Balaban J connectivity index is 1.36. The lowest BCUT2D eigenvalue weighted by atomic mass is 9.97. The molecule has 132 valence electrons. The van der Waals surface area contributed by atoms with Crippen molar-refractivity contribution in [2.45, 2.75) is 25.0 Å². The van der Waals surface area contributed by atoms with Gasteiger partial charge in [0.1, 0.15) is 0 Å². The van der Waals surface area contributed by atoms with Crippen molar-refractivity contribution in [2.75, 3.05) is 24.6 Å². The minimum absolute atomic E-state index is 0.0722. The van der Waals surface area contributed by atoms with Gasteiger partial charge >= 0.3 is 0 Å². The van der Waals surface area contributed by atoms with E-state index in [1.165, 1.54) is 0 Å². The standard InChI is InChI=1S/C19H24N4O2/c1-22-13-15(12-21-22)18-14(8-10-25-18)11-20-17-7-9-23(19(17)24)16-5-3-2-4-6-16/h2-6,12-14,17-18,20H,7-11H2,1H3/t14-,17+,18+/m0/s1. The van der Waals surface area contributed by atoms with Crippen LogP contribution in [0.5, 0.6) is 0 Å². The van der Waals surface area contributed by atoms with Crippen LogP contribution in [0.2, 0.25) is 0 Å². The average Bonchev–Trinajstić information content (AvgIpc) is 3.34. The van der Waals surface area contributed by atoms with E-state index in [1.54, 1.807) is 4.68 Å². The van der Waals surface area contributed by atoms with Gasteiger partial charge in [0.25, 0.3) is 0 Å². The van der Waals surface area contributed by atoms with E-state index in [0.717, 1.165) is 43.8 Å². The Bertz CT molecular complexity index is 730. The third-order valence-corrected chi connectivity index (χ3v) is 5.17. The van der Waals surface area contributed by atoms with Gasteiger partial charge in [0.05, 0.1) is 18.3 Å². The van der Waals surface area contributed by atoms with Crippen molar-refractivity contribution < 1.29 is 9.53 Å². The molecule has 0 saturated carbocycles. The van der Waals surface area contributed by atoms with Crippen LogP contribution in [0.15, 0.2) is 42.7 Å². The third-order valence-electron chi connectivity index (χ3n) is 5.17. The first-order valence-corrected chi connectivity index (χ1v) is 8.92. The van der Waals surface area contributed by atoms with Gasteiger partial charge in [0, 0.05) is 50.1 Å². The second-order valence-electron chi connectivity index (χ2n) is 6.86. The first-order valence-electron chi connectivity index (χ1n) is 8.92. The van der Waals surface area contributed by atoms with Crippen molar-refractivity contribution >= 4 is 11.6 Å². The van der Waals surface area contributed by atoms with Crippen molar-refractivity contribution in [1.29, 1.82) is 0 Å². The first kappa shape index (κ1) is 16.3.